The number of nitrogens with two attached hydrogens (primary N) is 1. The average molecular weight is 206 g/mol. The molecule has 0 unspecified atom stereocenters. The molecule has 1 aromatic heterocycles. The van der Waals surface area contributed by atoms with Gasteiger partial charge in [-0.3, -0.25) is 0 Å². The first-order valence-corrected chi connectivity index (χ1v) is 5.27. The van der Waals surface area contributed by atoms with Gasteiger partial charge in [0, 0.05) is 11.6 Å². The molecular weight excluding hydrogens is 191 g/mol. The van der Waals surface area contributed by atoms with E-state index in [0.717, 1.165) is 30.2 Å². The molecule has 0 aliphatic rings. The standard InChI is InChI=1S/C12H15FN2/c13-11-9(3-1-2-7-14)4-5-10-6-8-15-12(10)11/h4-6,8,15H,1-3,7,14H2. The lowest BCUT2D eigenvalue weighted by molar-refractivity contribution is 0.610. The largest absolute Gasteiger partial charge is 0.359 e. The number of unbranched alkanes of at least 4 members (excludes halogenated alkanes) is 1. The molecule has 0 atom stereocenters. The lowest BCUT2D eigenvalue weighted by Gasteiger charge is -2.03. The maximum atomic E-state index is 13.9. The quantitative estimate of drug-likeness (QED) is 0.742. The van der Waals surface area contributed by atoms with Crippen LogP contribution in [0.5, 0.6) is 0 Å². The number of aryl methyl sites for hydroxylation is 1. The van der Waals surface area contributed by atoms with Gasteiger partial charge in [0.05, 0.1) is 5.52 Å². The predicted molar refractivity (Wildman–Crippen MR) is 60.2 cm³/mol. The number of hydrogen-bond acceptors (Lipinski definition) is 1. The summed E-state index contributed by atoms with van der Waals surface area (Å²) in [5, 5.41) is 0.926. The highest BCUT2D eigenvalue weighted by molar-refractivity contribution is 5.80. The second kappa shape index (κ2) is 4.45. The Morgan fingerprint density at radius 2 is 2.07 bits per heavy atom. The summed E-state index contributed by atoms with van der Waals surface area (Å²) in [7, 11) is 0. The van der Waals surface area contributed by atoms with Crippen molar-refractivity contribution >= 4 is 10.9 Å². The highest BCUT2D eigenvalue weighted by Gasteiger charge is 2.07. The number of hydrogen-bond donors (Lipinski definition) is 2. The van der Waals surface area contributed by atoms with Gasteiger partial charge in [-0.25, -0.2) is 4.39 Å². The first kappa shape index (κ1) is 10.2. The third-order valence-corrected chi connectivity index (χ3v) is 2.64. The van der Waals surface area contributed by atoms with Crippen molar-refractivity contribution in [2.75, 3.05) is 6.54 Å². The second-order valence-electron chi connectivity index (χ2n) is 3.73. The van der Waals surface area contributed by atoms with Crippen LogP contribution in [0.4, 0.5) is 4.39 Å². The molecule has 0 radical (unpaired) electrons. The van der Waals surface area contributed by atoms with E-state index in [4.69, 9.17) is 5.73 Å². The molecule has 1 heterocycles. The summed E-state index contributed by atoms with van der Waals surface area (Å²) >= 11 is 0. The highest BCUT2D eigenvalue weighted by atomic mass is 19.1. The Bertz CT molecular complexity index is 448. The number of nitrogens with one attached hydrogen (secondary N) is 1. The van der Waals surface area contributed by atoms with Gasteiger partial charge in [-0.05, 0) is 37.4 Å². The number of fused-ring (bicyclic) bond motifs is 1. The minimum Gasteiger partial charge on any atom is -0.359 e. The van der Waals surface area contributed by atoms with Crippen molar-refractivity contribution in [2.45, 2.75) is 19.3 Å². The van der Waals surface area contributed by atoms with Crippen LogP contribution in [0, 0.1) is 5.82 Å². The summed E-state index contributed by atoms with van der Waals surface area (Å²) in [4.78, 5) is 2.92. The minimum atomic E-state index is -0.116. The van der Waals surface area contributed by atoms with E-state index in [1.54, 1.807) is 6.20 Å². The Labute approximate surface area is 88.3 Å². The minimum absolute atomic E-state index is 0.116. The average Bonchev–Trinajstić information content (AvgIpc) is 2.70. The number of aromatic amines is 1. The number of halogens is 1. The predicted octanol–water partition coefficient (Wildman–Crippen LogP) is 2.59. The van der Waals surface area contributed by atoms with E-state index in [9.17, 15) is 4.39 Å². The SMILES string of the molecule is NCCCCc1ccc2cc[nH]c2c1F. The lowest BCUT2D eigenvalue weighted by atomic mass is 10.1. The third kappa shape index (κ3) is 2.02. The van der Waals surface area contributed by atoms with Gasteiger partial charge >= 0.3 is 0 Å². The number of H-pyrrole nitrogens is 1. The zero-order chi connectivity index (χ0) is 10.7. The van der Waals surface area contributed by atoms with Crippen LogP contribution >= 0.6 is 0 Å². The van der Waals surface area contributed by atoms with Crippen LogP contribution in [0.15, 0.2) is 24.4 Å². The zero-order valence-corrected chi connectivity index (χ0v) is 8.59. The molecule has 0 aliphatic carbocycles. The summed E-state index contributed by atoms with van der Waals surface area (Å²) in [6, 6.07) is 5.69. The van der Waals surface area contributed by atoms with Crippen LogP contribution in [0.25, 0.3) is 10.9 Å². The summed E-state index contributed by atoms with van der Waals surface area (Å²) in [5.41, 5.74) is 6.79. The van der Waals surface area contributed by atoms with Crippen LogP contribution < -0.4 is 5.73 Å². The van der Waals surface area contributed by atoms with Gasteiger partial charge < -0.3 is 10.7 Å². The molecule has 2 nitrogen and oxygen atoms in total. The van der Waals surface area contributed by atoms with Gasteiger partial charge in [-0.1, -0.05) is 12.1 Å². The van der Waals surface area contributed by atoms with E-state index in [-0.39, 0.29) is 5.82 Å². The van der Waals surface area contributed by atoms with Crippen LogP contribution in [0.3, 0.4) is 0 Å². The molecule has 1 aromatic carbocycles. The van der Waals surface area contributed by atoms with Gasteiger partial charge in [0.1, 0.15) is 5.82 Å². The van der Waals surface area contributed by atoms with E-state index in [1.165, 1.54) is 0 Å². The van der Waals surface area contributed by atoms with Gasteiger partial charge in [-0.15, -0.1) is 0 Å². The molecule has 0 aliphatic heterocycles. The zero-order valence-electron chi connectivity index (χ0n) is 8.59. The number of benzene rings is 1. The van der Waals surface area contributed by atoms with Gasteiger partial charge in [0.2, 0.25) is 0 Å². The first-order valence-electron chi connectivity index (χ1n) is 5.27. The van der Waals surface area contributed by atoms with E-state index in [1.807, 2.05) is 18.2 Å². The molecule has 0 saturated carbocycles. The molecular formula is C12H15FN2. The monoisotopic (exact) mass is 206 g/mol. The fraction of sp³-hybridized carbons (Fsp3) is 0.333. The number of rotatable bonds is 4. The van der Waals surface area contributed by atoms with Crippen molar-refractivity contribution in [3.8, 4) is 0 Å². The molecule has 2 aromatic rings. The molecule has 3 heteroatoms. The fourth-order valence-corrected chi connectivity index (χ4v) is 1.79. The number of aromatic nitrogens is 1. The lowest BCUT2D eigenvalue weighted by Crippen LogP contribution is -2.00. The molecule has 0 fully saturated rings. The Kier molecular flexibility index (Phi) is 3.02. The van der Waals surface area contributed by atoms with Crippen molar-refractivity contribution in [3.05, 3.63) is 35.8 Å². The smallest absolute Gasteiger partial charge is 0.150 e. The molecule has 80 valence electrons. The summed E-state index contributed by atoms with van der Waals surface area (Å²) in [6.45, 7) is 0.673. The van der Waals surface area contributed by atoms with Crippen molar-refractivity contribution in [1.82, 2.24) is 4.98 Å². The van der Waals surface area contributed by atoms with E-state index < -0.39 is 0 Å². The highest BCUT2D eigenvalue weighted by Crippen LogP contribution is 2.20. The van der Waals surface area contributed by atoms with Crippen molar-refractivity contribution < 1.29 is 4.39 Å². The van der Waals surface area contributed by atoms with Crippen LogP contribution in [-0.4, -0.2) is 11.5 Å². The van der Waals surface area contributed by atoms with Crippen molar-refractivity contribution in [3.63, 3.8) is 0 Å². The van der Waals surface area contributed by atoms with Crippen LogP contribution in [0.2, 0.25) is 0 Å². The van der Waals surface area contributed by atoms with E-state index >= 15 is 0 Å². The molecule has 0 amide bonds. The summed E-state index contributed by atoms with van der Waals surface area (Å²) in [5.74, 6) is -0.116. The third-order valence-electron chi connectivity index (χ3n) is 2.64. The van der Waals surface area contributed by atoms with Crippen molar-refractivity contribution in [1.29, 1.82) is 0 Å². The molecule has 15 heavy (non-hydrogen) atoms. The van der Waals surface area contributed by atoms with Crippen LogP contribution in [-0.2, 0) is 6.42 Å². The maximum Gasteiger partial charge on any atom is 0.150 e. The molecule has 0 spiro atoms. The van der Waals surface area contributed by atoms with E-state index in [0.29, 0.717) is 12.1 Å². The first-order chi connectivity index (χ1) is 7.33. The van der Waals surface area contributed by atoms with Crippen LogP contribution in [0.1, 0.15) is 18.4 Å². The Morgan fingerprint density at radius 3 is 2.87 bits per heavy atom. The summed E-state index contributed by atoms with van der Waals surface area (Å²) < 4.78 is 13.9. The molecule has 3 N–H and O–H groups in total. The Hall–Kier alpha value is -1.35. The normalized spacial score (nSPS) is 11.1. The van der Waals surface area contributed by atoms with Crippen molar-refractivity contribution in [2.24, 2.45) is 5.73 Å². The maximum absolute atomic E-state index is 13.9. The van der Waals surface area contributed by atoms with Gasteiger partial charge in [-0.2, -0.15) is 0 Å². The fourth-order valence-electron chi connectivity index (χ4n) is 1.79. The second-order valence-corrected chi connectivity index (χ2v) is 3.73. The Morgan fingerprint density at radius 1 is 1.20 bits per heavy atom. The van der Waals surface area contributed by atoms with Gasteiger partial charge in [0.25, 0.3) is 0 Å². The van der Waals surface area contributed by atoms with E-state index in [2.05, 4.69) is 4.98 Å². The Balaban J connectivity index is 2.23. The molecule has 0 saturated heterocycles. The topological polar surface area (TPSA) is 41.8 Å². The molecule has 0 bridgehead atoms. The van der Waals surface area contributed by atoms with Gasteiger partial charge in [0.15, 0.2) is 0 Å². The molecule has 2 rings (SSSR count). The summed E-state index contributed by atoms with van der Waals surface area (Å²) in [6.07, 6.45) is 4.41.